The van der Waals surface area contributed by atoms with Gasteiger partial charge < -0.3 is 14.2 Å². The summed E-state index contributed by atoms with van der Waals surface area (Å²) in [5, 5.41) is 0. The lowest BCUT2D eigenvalue weighted by atomic mass is 9.99. The fraction of sp³-hybridized carbons (Fsp3) is 0.133. The third-order valence-electron chi connectivity index (χ3n) is 5.24. The Bertz CT molecular complexity index is 1350. The Hall–Kier alpha value is -4.45. The predicted molar refractivity (Wildman–Crippen MR) is 138 cm³/mol. The molecule has 36 heavy (non-hydrogen) atoms. The standard InChI is InChI=1S/C30H27FO5/c1-18(2)29(32)35-21(6)20(5)34-25-14-9-23(10-15-25)27-16-11-24(17-28(27)31)22-7-12-26(13-8-22)36-30(33)19(3)4/h7-17H,1,3H2,2,4-6H3/b21-20+. The number of rotatable bonds is 8. The molecule has 0 radical (unpaired) electrons. The molecule has 0 aliphatic rings. The third-order valence-corrected chi connectivity index (χ3v) is 5.24. The van der Waals surface area contributed by atoms with E-state index in [1.54, 1.807) is 82.3 Å². The topological polar surface area (TPSA) is 61.8 Å². The van der Waals surface area contributed by atoms with Crippen LogP contribution < -0.4 is 9.47 Å². The maximum Gasteiger partial charge on any atom is 0.338 e. The Kier molecular flexibility index (Phi) is 8.22. The van der Waals surface area contributed by atoms with Crippen LogP contribution in [0.25, 0.3) is 22.3 Å². The van der Waals surface area contributed by atoms with E-state index in [1.165, 1.54) is 6.07 Å². The second-order valence-electron chi connectivity index (χ2n) is 8.30. The molecule has 0 saturated heterocycles. The average Bonchev–Trinajstić information content (AvgIpc) is 2.84. The molecular weight excluding hydrogens is 459 g/mol. The van der Waals surface area contributed by atoms with E-state index in [0.29, 0.717) is 50.9 Å². The van der Waals surface area contributed by atoms with Crippen LogP contribution in [0, 0.1) is 5.82 Å². The van der Waals surface area contributed by atoms with E-state index >= 15 is 0 Å². The van der Waals surface area contributed by atoms with Gasteiger partial charge in [0.2, 0.25) is 0 Å². The van der Waals surface area contributed by atoms with Crippen LogP contribution >= 0.6 is 0 Å². The minimum atomic E-state index is -0.521. The highest BCUT2D eigenvalue weighted by atomic mass is 19.1. The second-order valence-corrected chi connectivity index (χ2v) is 8.30. The van der Waals surface area contributed by atoms with Crippen molar-refractivity contribution < 1.29 is 28.2 Å². The molecule has 5 nitrogen and oxygen atoms in total. The Labute approximate surface area is 210 Å². The number of carbonyl (C=O) groups is 2. The van der Waals surface area contributed by atoms with Gasteiger partial charge in [0.15, 0.2) is 0 Å². The summed E-state index contributed by atoms with van der Waals surface area (Å²) in [5.41, 5.74) is 3.19. The molecule has 3 rings (SSSR count). The molecule has 0 aliphatic heterocycles. The van der Waals surface area contributed by atoms with Crippen LogP contribution in [-0.2, 0) is 14.3 Å². The van der Waals surface area contributed by atoms with Crippen LogP contribution in [0.4, 0.5) is 4.39 Å². The number of halogens is 1. The molecule has 0 aromatic heterocycles. The molecule has 0 N–H and O–H groups in total. The fourth-order valence-electron chi connectivity index (χ4n) is 3.09. The summed E-state index contributed by atoms with van der Waals surface area (Å²) >= 11 is 0. The van der Waals surface area contributed by atoms with E-state index in [0.717, 1.165) is 5.56 Å². The molecule has 0 bridgehead atoms. The molecule has 184 valence electrons. The second kappa shape index (κ2) is 11.3. The molecule has 0 saturated carbocycles. The van der Waals surface area contributed by atoms with Crippen molar-refractivity contribution in [2.75, 3.05) is 0 Å². The molecule has 0 atom stereocenters. The van der Waals surface area contributed by atoms with Crippen molar-refractivity contribution in [2.24, 2.45) is 0 Å². The maximum atomic E-state index is 15.0. The van der Waals surface area contributed by atoms with Gasteiger partial charge in [-0.25, -0.2) is 14.0 Å². The first kappa shape index (κ1) is 26.2. The lowest BCUT2D eigenvalue weighted by molar-refractivity contribution is -0.135. The van der Waals surface area contributed by atoms with Gasteiger partial charge >= 0.3 is 11.9 Å². The zero-order chi connectivity index (χ0) is 26.4. The summed E-state index contributed by atoms with van der Waals surface area (Å²) in [6, 6.07) is 18.7. The van der Waals surface area contributed by atoms with E-state index in [1.807, 2.05) is 6.07 Å². The van der Waals surface area contributed by atoms with Crippen LogP contribution in [0.15, 0.2) is 103 Å². The van der Waals surface area contributed by atoms with Crippen molar-refractivity contribution in [1.82, 2.24) is 0 Å². The normalized spacial score (nSPS) is 11.2. The van der Waals surface area contributed by atoms with Gasteiger partial charge in [-0.1, -0.05) is 49.6 Å². The van der Waals surface area contributed by atoms with E-state index in [9.17, 15) is 14.0 Å². The molecule has 0 fully saturated rings. The smallest absolute Gasteiger partial charge is 0.338 e. The van der Waals surface area contributed by atoms with Crippen molar-refractivity contribution in [3.63, 3.8) is 0 Å². The highest BCUT2D eigenvalue weighted by Crippen LogP contribution is 2.30. The van der Waals surface area contributed by atoms with Crippen molar-refractivity contribution in [1.29, 1.82) is 0 Å². The zero-order valence-corrected chi connectivity index (χ0v) is 20.7. The number of benzene rings is 3. The molecule has 0 amide bonds. The fourth-order valence-corrected chi connectivity index (χ4v) is 3.09. The first-order chi connectivity index (χ1) is 17.0. The minimum Gasteiger partial charge on any atom is -0.459 e. The molecule has 3 aromatic carbocycles. The largest absolute Gasteiger partial charge is 0.459 e. The Morgan fingerprint density at radius 3 is 1.67 bits per heavy atom. The zero-order valence-electron chi connectivity index (χ0n) is 20.7. The van der Waals surface area contributed by atoms with Crippen molar-refractivity contribution in [3.8, 4) is 33.8 Å². The first-order valence-electron chi connectivity index (χ1n) is 11.2. The quantitative estimate of drug-likeness (QED) is 0.144. The van der Waals surface area contributed by atoms with Crippen LogP contribution in [0.1, 0.15) is 27.7 Å². The van der Waals surface area contributed by atoms with E-state index in [-0.39, 0.29) is 5.82 Å². The summed E-state index contributed by atoms with van der Waals surface area (Å²) < 4.78 is 31.1. The van der Waals surface area contributed by atoms with E-state index in [4.69, 9.17) is 14.2 Å². The molecule has 0 aliphatic carbocycles. The molecule has 6 heteroatoms. The number of carbonyl (C=O) groups excluding carboxylic acids is 2. The van der Waals surface area contributed by atoms with Gasteiger partial charge in [-0.15, -0.1) is 0 Å². The van der Waals surface area contributed by atoms with Crippen LogP contribution in [0.5, 0.6) is 11.5 Å². The molecule has 0 spiro atoms. The number of esters is 2. The Morgan fingerprint density at radius 2 is 1.14 bits per heavy atom. The Balaban J connectivity index is 1.72. The minimum absolute atomic E-state index is 0.292. The number of hydrogen-bond donors (Lipinski definition) is 0. The van der Waals surface area contributed by atoms with Gasteiger partial charge in [-0.3, -0.25) is 0 Å². The first-order valence-corrected chi connectivity index (χ1v) is 11.2. The van der Waals surface area contributed by atoms with Crippen molar-refractivity contribution in [2.45, 2.75) is 27.7 Å². The summed E-state index contributed by atoms with van der Waals surface area (Å²) in [6.45, 7) is 13.6. The summed E-state index contributed by atoms with van der Waals surface area (Å²) in [5.74, 6) is 0.266. The number of ether oxygens (including phenoxy) is 3. The van der Waals surface area contributed by atoms with Gasteiger partial charge in [0.1, 0.15) is 28.8 Å². The van der Waals surface area contributed by atoms with E-state index in [2.05, 4.69) is 13.2 Å². The van der Waals surface area contributed by atoms with Crippen molar-refractivity contribution >= 4 is 11.9 Å². The van der Waals surface area contributed by atoms with E-state index < -0.39 is 11.9 Å². The third kappa shape index (κ3) is 6.57. The highest BCUT2D eigenvalue weighted by Gasteiger charge is 2.11. The summed E-state index contributed by atoms with van der Waals surface area (Å²) in [7, 11) is 0. The maximum absolute atomic E-state index is 15.0. The van der Waals surface area contributed by atoms with Crippen LogP contribution in [-0.4, -0.2) is 11.9 Å². The van der Waals surface area contributed by atoms with Gasteiger partial charge in [0.25, 0.3) is 0 Å². The monoisotopic (exact) mass is 486 g/mol. The Morgan fingerprint density at radius 1 is 0.639 bits per heavy atom. The summed E-state index contributed by atoms with van der Waals surface area (Å²) in [6.07, 6.45) is 0. The molecule has 0 unspecified atom stereocenters. The molecule has 3 aromatic rings. The molecular formula is C30H27FO5. The lowest BCUT2D eigenvalue weighted by Gasteiger charge is -2.12. The van der Waals surface area contributed by atoms with Crippen LogP contribution in [0.3, 0.4) is 0 Å². The van der Waals surface area contributed by atoms with Gasteiger partial charge in [-0.2, -0.15) is 0 Å². The van der Waals surface area contributed by atoms with Gasteiger partial charge in [0.05, 0.1) is 0 Å². The summed E-state index contributed by atoms with van der Waals surface area (Å²) in [4.78, 5) is 23.3. The average molecular weight is 487 g/mol. The van der Waals surface area contributed by atoms with Gasteiger partial charge in [0, 0.05) is 16.7 Å². The SMILES string of the molecule is C=C(C)C(=O)O/C(C)=C(\C)Oc1ccc(-c2ccc(-c3ccc(OC(=O)C(=C)C)cc3)cc2F)cc1. The molecule has 0 heterocycles. The van der Waals surface area contributed by atoms with Crippen molar-refractivity contribution in [3.05, 3.63) is 108 Å². The van der Waals surface area contributed by atoms with Crippen LogP contribution in [0.2, 0.25) is 0 Å². The van der Waals surface area contributed by atoms with Gasteiger partial charge in [-0.05, 0) is 74.7 Å². The number of hydrogen-bond acceptors (Lipinski definition) is 5. The highest BCUT2D eigenvalue weighted by molar-refractivity contribution is 5.89. The number of allylic oxidation sites excluding steroid dienone is 2. The lowest BCUT2D eigenvalue weighted by Crippen LogP contribution is -2.07. The predicted octanol–water partition coefficient (Wildman–Crippen LogP) is 7.39.